The van der Waals surface area contributed by atoms with Crippen molar-refractivity contribution in [3.8, 4) is 5.69 Å². The second kappa shape index (κ2) is 6.12. The molecule has 2 aromatic carbocycles. The molecule has 1 N–H and O–H groups in total. The molecule has 3 aromatic rings. The van der Waals surface area contributed by atoms with Gasteiger partial charge in [-0.05, 0) is 29.8 Å². The maximum Gasteiger partial charge on any atom is 0.102 e. The summed E-state index contributed by atoms with van der Waals surface area (Å²) in [5, 5.41) is 15.4. The number of benzene rings is 2. The number of hydrogen-bond donors (Lipinski definition) is 1. The van der Waals surface area contributed by atoms with Gasteiger partial charge in [0, 0.05) is 17.6 Å². The van der Waals surface area contributed by atoms with Gasteiger partial charge in [0.25, 0.3) is 0 Å². The molecule has 0 saturated carbocycles. The fraction of sp³-hybridized carbons (Fsp3) is 0.118. The number of para-hydroxylation sites is 1. The third-order valence-electron chi connectivity index (χ3n) is 3.34. The van der Waals surface area contributed by atoms with E-state index in [1.54, 1.807) is 4.68 Å². The van der Waals surface area contributed by atoms with Gasteiger partial charge in [-0.1, -0.05) is 48.0 Å². The van der Waals surface area contributed by atoms with Crippen molar-refractivity contribution in [1.82, 2.24) is 9.78 Å². The summed E-state index contributed by atoms with van der Waals surface area (Å²) in [4.78, 5) is 0. The van der Waals surface area contributed by atoms with E-state index in [9.17, 15) is 5.11 Å². The van der Waals surface area contributed by atoms with Crippen LogP contribution in [-0.4, -0.2) is 14.9 Å². The Morgan fingerprint density at radius 1 is 1.00 bits per heavy atom. The first kappa shape index (κ1) is 13.9. The minimum atomic E-state index is -0.671. The van der Waals surface area contributed by atoms with Crippen molar-refractivity contribution in [1.29, 1.82) is 0 Å². The predicted octanol–water partition coefficient (Wildman–Crippen LogP) is 3.80. The Hall–Kier alpha value is -2.10. The van der Waals surface area contributed by atoms with Gasteiger partial charge in [0.2, 0.25) is 0 Å². The molecule has 0 amide bonds. The van der Waals surface area contributed by atoms with E-state index in [2.05, 4.69) is 5.10 Å². The first-order chi connectivity index (χ1) is 10.2. The number of hydrogen-bond acceptors (Lipinski definition) is 2. The van der Waals surface area contributed by atoms with E-state index >= 15 is 0 Å². The van der Waals surface area contributed by atoms with Gasteiger partial charge in [-0.15, -0.1) is 0 Å². The predicted molar refractivity (Wildman–Crippen MR) is 83.7 cm³/mol. The molecule has 3 nitrogen and oxygen atoms in total. The first-order valence-electron chi connectivity index (χ1n) is 6.76. The van der Waals surface area contributed by atoms with Crippen LogP contribution in [0.2, 0.25) is 5.02 Å². The number of nitrogens with zero attached hydrogens (tertiary/aromatic N) is 2. The summed E-state index contributed by atoms with van der Waals surface area (Å²) in [6, 6.07) is 19.2. The lowest BCUT2D eigenvalue weighted by Gasteiger charge is -2.09. The van der Waals surface area contributed by atoms with Gasteiger partial charge >= 0.3 is 0 Å². The molecule has 1 heterocycles. The molecule has 0 radical (unpaired) electrons. The highest BCUT2D eigenvalue weighted by molar-refractivity contribution is 6.31. The molecule has 1 unspecified atom stereocenters. The highest BCUT2D eigenvalue weighted by Crippen LogP contribution is 2.22. The first-order valence-corrected chi connectivity index (χ1v) is 7.14. The van der Waals surface area contributed by atoms with Crippen molar-refractivity contribution >= 4 is 11.6 Å². The monoisotopic (exact) mass is 298 g/mol. The summed E-state index contributed by atoms with van der Waals surface area (Å²) in [6.07, 6.45) is 1.63. The van der Waals surface area contributed by atoms with Gasteiger partial charge < -0.3 is 5.11 Å². The number of rotatable bonds is 4. The van der Waals surface area contributed by atoms with E-state index in [0.29, 0.717) is 17.1 Å². The fourth-order valence-electron chi connectivity index (χ4n) is 2.22. The van der Waals surface area contributed by atoms with E-state index in [4.69, 9.17) is 11.6 Å². The van der Waals surface area contributed by atoms with Crippen molar-refractivity contribution < 1.29 is 5.11 Å². The molecule has 0 spiro atoms. The van der Waals surface area contributed by atoms with Gasteiger partial charge in [0.1, 0.15) is 6.10 Å². The Morgan fingerprint density at radius 3 is 2.48 bits per heavy atom. The third kappa shape index (κ3) is 3.15. The van der Waals surface area contributed by atoms with Crippen molar-refractivity contribution in [2.24, 2.45) is 0 Å². The molecule has 0 fully saturated rings. The van der Waals surface area contributed by atoms with E-state index < -0.39 is 6.10 Å². The van der Waals surface area contributed by atoms with Crippen LogP contribution < -0.4 is 0 Å². The topological polar surface area (TPSA) is 38.0 Å². The zero-order valence-electron chi connectivity index (χ0n) is 11.4. The molecule has 0 aliphatic carbocycles. The molecule has 1 atom stereocenters. The molecular formula is C17H15ClN2O. The molecule has 4 heteroatoms. The molecule has 1 aromatic heterocycles. The number of halogens is 1. The number of aromatic nitrogens is 2. The van der Waals surface area contributed by atoms with Crippen LogP contribution in [0.25, 0.3) is 5.69 Å². The lowest BCUT2D eigenvalue weighted by Crippen LogP contribution is -2.04. The zero-order chi connectivity index (χ0) is 14.7. The lowest BCUT2D eigenvalue weighted by molar-refractivity contribution is 0.173. The quantitative estimate of drug-likeness (QED) is 0.795. The van der Waals surface area contributed by atoms with Gasteiger partial charge in [0.05, 0.1) is 11.4 Å². The molecule has 21 heavy (non-hydrogen) atoms. The largest absolute Gasteiger partial charge is 0.386 e. The molecule has 0 aliphatic rings. The summed E-state index contributed by atoms with van der Waals surface area (Å²) < 4.78 is 1.76. The van der Waals surface area contributed by atoms with Gasteiger partial charge in [-0.3, -0.25) is 0 Å². The molecule has 0 bridgehead atoms. The van der Waals surface area contributed by atoms with Crippen molar-refractivity contribution in [2.75, 3.05) is 0 Å². The third-order valence-corrected chi connectivity index (χ3v) is 3.71. The maximum atomic E-state index is 10.3. The summed E-state index contributed by atoms with van der Waals surface area (Å²) in [6.45, 7) is 0. The minimum Gasteiger partial charge on any atom is -0.386 e. The second-order valence-corrected chi connectivity index (χ2v) is 5.24. The summed E-state index contributed by atoms with van der Waals surface area (Å²) in [7, 11) is 0. The summed E-state index contributed by atoms with van der Waals surface area (Å²) in [5.74, 6) is 0. The van der Waals surface area contributed by atoms with Crippen LogP contribution in [0.5, 0.6) is 0 Å². The molecule has 106 valence electrons. The molecular weight excluding hydrogens is 284 g/mol. The Morgan fingerprint density at radius 2 is 1.71 bits per heavy atom. The van der Waals surface area contributed by atoms with E-state index in [1.165, 1.54) is 0 Å². The highest BCUT2D eigenvalue weighted by Gasteiger charge is 2.13. The summed E-state index contributed by atoms with van der Waals surface area (Å²) >= 11 is 6.12. The minimum absolute atomic E-state index is 0.450. The number of aliphatic hydroxyl groups is 1. The van der Waals surface area contributed by atoms with Crippen molar-refractivity contribution in [3.05, 3.63) is 83.1 Å². The Bertz CT molecular complexity index is 724. The number of aliphatic hydroxyl groups excluding tert-OH is 1. The van der Waals surface area contributed by atoms with Crippen molar-refractivity contribution in [3.63, 3.8) is 0 Å². The van der Waals surface area contributed by atoms with Crippen LogP contribution in [0.3, 0.4) is 0 Å². The zero-order valence-corrected chi connectivity index (χ0v) is 12.1. The average Bonchev–Trinajstić information content (AvgIpc) is 3.00. The average molecular weight is 299 g/mol. The van der Waals surface area contributed by atoms with E-state index in [0.717, 1.165) is 11.3 Å². The smallest absolute Gasteiger partial charge is 0.102 e. The fourth-order valence-corrected chi connectivity index (χ4v) is 2.43. The van der Waals surface area contributed by atoms with Crippen LogP contribution in [0.15, 0.2) is 66.9 Å². The highest BCUT2D eigenvalue weighted by atomic mass is 35.5. The van der Waals surface area contributed by atoms with Gasteiger partial charge in [0.15, 0.2) is 0 Å². The van der Waals surface area contributed by atoms with Crippen LogP contribution >= 0.6 is 11.6 Å². The van der Waals surface area contributed by atoms with Gasteiger partial charge in [-0.25, -0.2) is 4.68 Å². The molecule has 0 aliphatic heterocycles. The second-order valence-electron chi connectivity index (χ2n) is 4.83. The standard InChI is InChI=1S/C17H15ClN2O/c18-15-9-5-4-6-13(15)12-17(21)16-10-11-20(19-16)14-7-2-1-3-8-14/h1-11,17,21H,12H2. The maximum absolute atomic E-state index is 10.3. The summed E-state index contributed by atoms with van der Waals surface area (Å²) in [5.41, 5.74) is 2.52. The Kier molecular flexibility index (Phi) is 4.04. The molecule has 0 saturated heterocycles. The van der Waals surface area contributed by atoms with Crippen LogP contribution in [0.4, 0.5) is 0 Å². The van der Waals surface area contributed by atoms with E-state index in [1.807, 2.05) is 66.9 Å². The SMILES string of the molecule is OC(Cc1ccccc1Cl)c1ccn(-c2ccccc2)n1. The van der Waals surface area contributed by atoms with Crippen molar-refractivity contribution in [2.45, 2.75) is 12.5 Å². The molecule has 3 rings (SSSR count). The normalized spacial score (nSPS) is 12.3. The van der Waals surface area contributed by atoms with E-state index in [-0.39, 0.29) is 0 Å². The van der Waals surface area contributed by atoms with Crippen LogP contribution in [-0.2, 0) is 6.42 Å². The Labute approximate surface area is 128 Å². The lowest BCUT2D eigenvalue weighted by atomic mass is 10.1. The Balaban J connectivity index is 1.79. The van der Waals surface area contributed by atoms with Gasteiger partial charge in [-0.2, -0.15) is 5.10 Å². The van der Waals surface area contributed by atoms with Crippen LogP contribution in [0.1, 0.15) is 17.4 Å². The van der Waals surface area contributed by atoms with Crippen LogP contribution in [0, 0.1) is 0 Å².